The van der Waals surface area contributed by atoms with E-state index in [0.717, 1.165) is 18.4 Å². The predicted molar refractivity (Wildman–Crippen MR) is 75.3 cm³/mol. The molecule has 20 heavy (non-hydrogen) atoms. The second kappa shape index (κ2) is 5.34. The van der Waals surface area contributed by atoms with Crippen LogP contribution in [0.2, 0.25) is 0 Å². The first-order chi connectivity index (χ1) is 9.58. The van der Waals surface area contributed by atoms with Gasteiger partial charge in [0.15, 0.2) is 0 Å². The van der Waals surface area contributed by atoms with E-state index in [1.54, 1.807) is 6.07 Å². The number of hydrogen-bond donors (Lipinski definition) is 1. The quantitative estimate of drug-likeness (QED) is 0.858. The summed E-state index contributed by atoms with van der Waals surface area (Å²) in [5.74, 6) is 0.426. The first kappa shape index (κ1) is 13.8. The summed E-state index contributed by atoms with van der Waals surface area (Å²) in [6.45, 7) is 4.66. The van der Waals surface area contributed by atoms with Crippen molar-refractivity contribution in [2.75, 3.05) is 6.61 Å². The van der Waals surface area contributed by atoms with E-state index in [1.807, 2.05) is 0 Å². The molecule has 1 saturated heterocycles. The summed E-state index contributed by atoms with van der Waals surface area (Å²) in [7, 11) is 0. The van der Waals surface area contributed by atoms with Gasteiger partial charge in [-0.15, -0.1) is 0 Å². The number of aliphatic hydroxyl groups excluding tert-OH is 1. The number of halogens is 1. The minimum Gasteiger partial charge on any atom is -0.490 e. The van der Waals surface area contributed by atoms with Crippen molar-refractivity contribution in [3.05, 3.63) is 29.6 Å². The van der Waals surface area contributed by atoms with Crippen molar-refractivity contribution in [3.63, 3.8) is 0 Å². The maximum Gasteiger partial charge on any atom is 0.124 e. The number of ether oxygens (including phenoxy) is 1. The van der Waals surface area contributed by atoms with Crippen molar-refractivity contribution in [3.8, 4) is 5.75 Å². The van der Waals surface area contributed by atoms with Crippen LogP contribution in [0.4, 0.5) is 4.39 Å². The largest absolute Gasteiger partial charge is 0.490 e. The van der Waals surface area contributed by atoms with Crippen molar-refractivity contribution < 1.29 is 14.2 Å². The Balaban J connectivity index is 2.01. The predicted octanol–water partition coefficient (Wildman–Crippen LogP) is 2.88. The number of fused-ring (bicyclic) bond motifs is 1. The van der Waals surface area contributed by atoms with Crippen LogP contribution in [0.25, 0.3) is 0 Å². The molecule has 0 radical (unpaired) electrons. The zero-order valence-corrected chi connectivity index (χ0v) is 12.1. The van der Waals surface area contributed by atoms with Gasteiger partial charge in [-0.05, 0) is 44.9 Å². The molecule has 4 heteroatoms. The molecule has 0 saturated carbocycles. The van der Waals surface area contributed by atoms with Gasteiger partial charge in [0.2, 0.25) is 0 Å². The number of benzene rings is 1. The Morgan fingerprint density at radius 3 is 2.65 bits per heavy atom. The third-order valence-electron chi connectivity index (χ3n) is 4.65. The second-order valence-corrected chi connectivity index (χ2v) is 6.08. The highest BCUT2D eigenvalue weighted by atomic mass is 19.1. The Morgan fingerprint density at radius 2 is 1.95 bits per heavy atom. The van der Waals surface area contributed by atoms with Crippen LogP contribution in [0.5, 0.6) is 5.75 Å². The second-order valence-electron chi connectivity index (χ2n) is 6.08. The summed E-state index contributed by atoms with van der Waals surface area (Å²) in [5.41, 5.74) is 0.782. The van der Waals surface area contributed by atoms with Crippen LogP contribution in [0.1, 0.15) is 44.7 Å². The van der Waals surface area contributed by atoms with Crippen molar-refractivity contribution >= 4 is 0 Å². The van der Waals surface area contributed by atoms with E-state index in [0.29, 0.717) is 17.8 Å². The lowest BCUT2D eigenvalue weighted by Crippen LogP contribution is -2.51. The summed E-state index contributed by atoms with van der Waals surface area (Å²) >= 11 is 0. The average Bonchev–Trinajstić information content (AvgIpc) is 2.41. The molecule has 3 rings (SSSR count). The summed E-state index contributed by atoms with van der Waals surface area (Å²) < 4.78 is 19.1. The van der Waals surface area contributed by atoms with Gasteiger partial charge in [-0.25, -0.2) is 4.39 Å². The molecule has 0 bridgehead atoms. The van der Waals surface area contributed by atoms with Crippen LogP contribution < -0.4 is 4.74 Å². The van der Waals surface area contributed by atoms with Crippen LogP contribution >= 0.6 is 0 Å². The normalized spacial score (nSPS) is 34.4. The number of piperidine rings is 1. The van der Waals surface area contributed by atoms with Crippen LogP contribution in [-0.4, -0.2) is 34.8 Å². The van der Waals surface area contributed by atoms with E-state index in [1.165, 1.54) is 18.6 Å². The topological polar surface area (TPSA) is 32.7 Å². The highest BCUT2D eigenvalue weighted by Crippen LogP contribution is 2.41. The zero-order chi connectivity index (χ0) is 14.3. The molecule has 1 aromatic rings. The molecule has 1 aromatic carbocycles. The van der Waals surface area contributed by atoms with Crippen LogP contribution in [0, 0.1) is 5.82 Å². The monoisotopic (exact) mass is 279 g/mol. The number of aliphatic hydroxyl groups is 1. The number of hydrogen-bond acceptors (Lipinski definition) is 3. The summed E-state index contributed by atoms with van der Waals surface area (Å²) in [5, 5.41) is 10.4. The molecule has 4 unspecified atom stereocenters. The number of nitrogens with zero attached hydrogens (tertiary/aromatic N) is 1. The molecule has 2 heterocycles. The van der Waals surface area contributed by atoms with Gasteiger partial charge in [0, 0.05) is 17.6 Å². The molecule has 0 spiro atoms. The highest BCUT2D eigenvalue weighted by molar-refractivity contribution is 5.39. The lowest BCUT2D eigenvalue weighted by molar-refractivity contribution is -0.0457. The Labute approximate surface area is 119 Å². The van der Waals surface area contributed by atoms with Crippen LogP contribution in [0.15, 0.2) is 18.2 Å². The Morgan fingerprint density at radius 1 is 1.25 bits per heavy atom. The Hall–Kier alpha value is -1.13. The fourth-order valence-corrected chi connectivity index (χ4v) is 3.70. The molecule has 3 nitrogen and oxygen atoms in total. The molecule has 2 aliphatic heterocycles. The molecule has 0 amide bonds. The lowest BCUT2D eigenvalue weighted by atomic mass is 9.89. The molecule has 0 aliphatic carbocycles. The van der Waals surface area contributed by atoms with E-state index in [2.05, 4.69) is 18.7 Å². The molecular formula is C16H22FNO2. The van der Waals surface area contributed by atoms with Crippen LogP contribution in [-0.2, 0) is 0 Å². The Bertz CT molecular complexity index is 483. The molecule has 0 aromatic heterocycles. The van der Waals surface area contributed by atoms with E-state index in [4.69, 9.17) is 4.74 Å². The van der Waals surface area contributed by atoms with Gasteiger partial charge in [0.1, 0.15) is 24.3 Å². The molecule has 4 atom stereocenters. The van der Waals surface area contributed by atoms with Gasteiger partial charge in [0.05, 0.1) is 6.04 Å². The molecule has 1 N–H and O–H groups in total. The van der Waals surface area contributed by atoms with E-state index in [-0.39, 0.29) is 18.5 Å². The van der Waals surface area contributed by atoms with Gasteiger partial charge < -0.3 is 9.84 Å². The van der Waals surface area contributed by atoms with Crippen molar-refractivity contribution in [1.82, 2.24) is 4.90 Å². The van der Waals surface area contributed by atoms with Crippen molar-refractivity contribution in [2.45, 2.75) is 57.3 Å². The van der Waals surface area contributed by atoms with Gasteiger partial charge >= 0.3 is 0 Å². The maximum atomic E-state index is 13.6. The minimum atomic E-state index is -0.604. The van der Waals surface area contributed by atoms with E-state index >= 15 is 0 Å². The number of rotatable bonds is 1. The Kier molecular flexibility index (Phi) is 3.69. The zero-order valence-electron chi connectivity index (χ0n) is 12.1. The first-order valence-electron chi connectivity index (χ1n) is 7.45. The standard InChI is InChI=1S/C16H22FNO2/c1-10-4-3-5-11(2)18(10)16-13-8-12(17)6-7-15(13)20-9-14(16)19/h6-8,10-11,14,16,19H,3-5,9H2,1-2H3. The summed E-state index contributed by atoms with van der Waals surface area (Å²) in [4.78, 5) is 2.34. The minimum absolute atomic E-state index is 0.167. The molecule has 2 aliphatic rings. The average molecular weight is 279 g/mol. The third-order valence-corrected chi connectivity index (χ3v) is 4.65. The summed E-state index contributed by atoms with van der Waals surface area (Å²) in [6, 6.07) is 5.22. The van der Waals surface area contributed by atoms with Gasteiger partial charge in [-0.3, -0.25) is 4.90 Å². The van der Waals surface area contributed by atoms with Crippen molar-refractivity contribution in [1.29, 1.82) is 0 Å². The first-order valence-corrected chi connectivity index (χ1v) is 7.45. The van der Waals surface area contributed by atoms with Crippen molar-refractivity contribution in [2.24, 2.45) is 0 Å². The van der Waals surface area contributed by atoms with Gasteiger partial charge in [0.25, 0.3) is 0 Å². The van der Waals surface area contributed by atoms with Crippen LogP contribution in [0.3, 0.4) is 0 Å². The van der Waals surface area contributed by atoms with E-state index < -0.39 is 6.10 Å². The molecule has 1 fully saturated rings. The third kappa shape index (κ3) is 2.31. The lowest BCUT2D eigenvalue weighted by Gasteiger charge is -2.47. The molecular weight excluding hydrogens is 257 g/mol. The number of likely N-dealkylation sites (tertiary alicyclic amines) is 1. The smallest absolute Gasteiger partial charge is 0.124 e. The highest BCUT2D eigenvalue weighted by Gasteiger charge is 2.40. The SMILES string of the molecule is CC1CCCC(C)N1C1c2cc(F)ccc2OCC1O. The summed E-state index contributed by atoms with van der Waals surface area (Å²) in [6.07, 6.45) is 2.86. The fourth-order valence-electron chi connectivity index (χ4n) is 3.70. The molecule has 110 valence electrons. The van der Waals surface area contributed by atoms with E-state index in [9.17, 15) is 9.50 Å². The maximum absolute atomic E-state index is 13.6. The van der Waals surface area contributed by atoms with Gasteiger partial charge in [-0.2, -0.15) is 0 Å². The van der Waals surface area contributed by atoms with Gasteiger partial charge in [-0.1, -0.05) is 6.42 Å². The fraction of sp³-hybridized carbons (Fsp3) is 0.625.